The molecule has 1 aromatic carbocycles. The van der Waals surface area contributed by atoms with Gasteiger partial charge in [-0.05, 0) is 31.9 Å². The molecule has 80 valence electrons. The SMILES string of the molecule is CN1c2ccccc2C(C=O)CC1(C)C. The van der Waals surface area contributed by atoms with Crippen LogP contribution in [0.3, 0.4) is 0 Å². The second kappa shape index (κ2) is 3.37. The molecule has 0 bridgehead atoms. The van der Waals surface area contributed by atoms with Gasteiger partial charge in [0, 0.05) is 24.2 Å². The number of hydrogen-bond acceptors (Lipinski definition) is 2. The summed E-state index contributed by atoms with van der Waals surface area (Å²) in [7, 11) is 2.10. The molecule has 1 aliphatic rings. The fraction of sp³-hybridized carbons (Fsp3) is 0.462. The van der Waals surface area contributed by atoms with Crippen molar-refractivity contribution < 1.29 is 4.79 Å². The molecule has 0 fully saturated rings. The van der Waals surface area contributed by atoms with Crippen molar-refractivity contribution in [2.75, 3.05) is 11.9 Å². The monoisotopic (exact) mass is 203 g/mol. The number of benzene rings is 1. The van der Waals surface area contributed by atoms with E-state index in [1.807, 2.05) is 12.1 Å². The third-order valence-electron chi connectivity index (χ3n) is 3.49. The Morgan fingerprint density at radius 1 is 1.40 bits per heavy atom. The zero-order valence-electron chi connectivity index (χ0n) is 9.53. The van der Waals surface area contributed by atoms with Crippen molar-refractivity contribution >= 4 is 12.0 Å². The summed E-state index contributed by atoms with van der Waals surface area (Å²) in [6, 6.07) is 8.17. The lowest BCUT2D eigenvalue weighted by Gasteiger charge is -2.44. The van der Waals surface area contributed by atoms with Crippen molar-refractivity contribution in [3.63, 3.8) is 0 Å². The summed E-state index contributed by atoms with van der Waals surface area (Å²) < 4.78 is 0. The van der Waals surface area contributed by atoms with Gasteiger partial charge in [0.15, 0.2) is 0 Å². The highest BCUT2D eigenvalue weighted by atomic mass is 16.1. The second-order valence-electron chi connectivity index (χ2n) is 4.88. The van der Waals surface area contributed by atoms with Crippen LogP contribution in [-0.2, 0) is 4.79 Å². The topological polar surface area (TPSA) is 20.3 Å². The van der Waals surface area contributed by atoms with E-state index in [9.17, 15) is 4.79 Å². The number of fused-ring (bicyclic) bond motifs is 1. The van der Waals surface area contributed by atoms with Crippen LogP contribution in [-0.4, -0.2) is 18.9 Å². The minimum atomic E-state index is 0.0485. The van der Waals surface area contributed by atoms with E-state index in [1.165, 1.54) is 5.69 Å². The molecule has 0 spiro atoms. The molecule has 1 aliphatic heterocycles. The first-order valence-electron chi connectivity index (χ1n) is 5.34. The first kappa shape index (κ1) is 10.2. The molecule has 1 heterocycles. The number of aldehydes is 1. The summed E-state index contributed by atoms with van der Waals surface area (Å²) in [6.45, 7) is 4.36. The molecule has 1 atom stereocenters. The first-order valence-corrected chi connectivity index (χ1v) is 5.34. The Hall–Kier alpha value is -1.31. The van der Waals surface area contributed by atoms with E-state index in [0.29, 0.717) is 0 Å². The number of rotatable bonds is 1. The van der Waals surface area contributed by atoms with E-state index < -0.39 is 0 Å². The van der Waals surface area contributed by atoms with Gasteiger partial charge in [-0.3, -0.25) is 0 Å². The summed E-state index contributed by atoms with van der Waals surface area (Å²) in [5.74, 6) is 0.0485. The molecule has 1 unspecified atom stereocenters. The fourth-order valence-electron chi connectivity index (χ4n) is 2.34. The highest BCUT2D eigenvalue weighted by molar-refractivity contribution is 5.72. The van der Waals surface area contributed by atoms with Crippen LogP contribution < -0.4 is 4.90 Å². The van der Waals surface area contributed by atoms with Gasteiger partial charge in [0.05, 0.1) is 0 Å². The lowest BCUT2D eigenvalue weighted by Crippen LogP contribution is -2.46. The third-order valence-corrected chi connectivity index (χ3v) is 3.49. The van der Waals surface area contributed by atoms with Crippen LogP contribution in [0.4, 0.5) is 5.69 Å². The largest absolute Gasteiger partial charge is 0.369 e. The quantitative estimate of drug-likeness (QED) is 0.654. The van der Waals surface area contributed by atoms with Crippen LogP contribution >= 0.6 is 0 Å². The first-order chi connectivity index (χ1) is 7.06. The number of hydrogen-bond donors (Lipinski definition) is 0. The summed E-state index contributed by atoms with van der Waals surface area (Å²) >= 11 is 0. The van der Waals surface area contributed by atoms with E-state index in [-0.39, 0.29) is 11.5 Å². The maximum absolute atomic E-state index is 11.1. The molecule has 2 nitrogen and oxygen atoms in total. The Bertz CT molecular complexity index is 384. The number of nitrogens with zero attached hydrogens (tertiary/aromatic N) is 1. The molecule has 2 heteroatoms. The minimum Gasteiger partial charge on any atom is -0.369 e. The number of para-hydroxylation sites is 1. The van der Waals surface area contributed by atoms with Crippen LogP contribution in [0.25, 0.3) is 0 Å². The average molecular weight is 203 g/mol. The van der Waals surface area contributed by atoms with Crippen LogP contribution in [0.1, 0.15) is 31.7 Å². The Morgan fingerprint density at radius 2 is 2.07 bits per heavy atom. The van der Waals surface area contributed by atoms with Crippen molar-refractivity contribution in [2.24, 2.45) is 0 Å². The molecule has 1 aromatic rings. The lowest BCUT2D eigenvalue weighted by molar-refractivity contribution is -0.109. The molecule has 15 heavy (non-hydrogen) atoms. The van der Waals surface area contributed by atoms with Gasteiger partial charge in [-0.2, -0.15) is 0 Å². The van der Waals surface area contributed by atoms with E-state index in [2.05, 4.69) is 37.9 Å². The fourth-order valence-corrected chi connectivity index (χ4v) is 2.34. The second-order valence-corrected chi connectivity index (χ2v) is 4.88. The Morgan fingerprint density at radius 3 is 2.73 bits per heavy atom. The summed E-state index contributed by atoms with van der Waals surface area (Å²) in [5, 5.41) is 0. The summed E-state index contributed by atoms with van der Waals surface area (Å²) in [5.41, 5.74) is 2.40. The predicted molar refractivity (Wildman–Crippen MR) is 62.3 cm³/mol. The highest BCUT2D eigenvalue weighted by Gasteiger charge is 2.35. The van der Waals surface area contributed by atoms with Crippen molar-refractivity contribution in [1.29, 1.82) is 0 Å². The van der Waals surface area contributed by atoms with Gasteiger partial charge in [-0.1, -0.05) is 18.2 Å². The molecule has 0 aromatic heterocycles. The van der Waals surface area contributed by atoms with E-state index >= 15 is 0 Å². The van der Waals surface area contributed by atoms with Gasteiger partial charge in [0.2, 0.25) is 0 Å². The van der Waals surface area contributed by atoms with Crippen LogP contribution in [0, 0.1) is 0 Å². The molecule has 0 saturated heterocycles. The van der Waals surface area contributed by atoms with Gasteiger partial charge >= 0.3 is 0 Å². The molecular formula is C13H17NO. The molecule has 0 radical (unpaired) electrons. The van der Waals surface area contributed by atoms with Gasteiger partial charge in [0.25, 0.3) is 0 Å². The van der Waals surface area contributed by atoms with Crippen LogP contribution in [0.15, 0.2) is 24.3 Å². The normalized spacial score (nSPS) is 23.4. The van der Waals surface area contributed by atoms with Gasteiger partial charge in [-0.15, -0.1) is 0 Å². The maximum atomic E-state index is 11.1. The van der Waals surface area contributed by atoms with Gasteiger partial charge < -0.3 is 9.69 Å². The zero-order chi connectivity index (χ0) is 11.1. The van der Waals surface area contributed by atoms with Crippen molar-refractivity contribution in [2.45, 2.75) is 31.7 Å². The van der Waals surface area contributed by atoms with Crippen molar-refractivity contribution in [1.82, 2.24) is 0 Å². The summed E-state index contributed by atoms with van der Waals surface area (Å²) in [6.07, 6.45) is 1.97. The van der Waals surface area contributed by atoms with E-state index in [4.69, 9.17) is 0 Å². The average Bonchev–Trinajstić information content (AvgIpc) is 2.24. The predicted octanol–water partition coefficient (Wildman–Crippen LogP) is 2.59. The number of carbonyl (C=O) groups is 1. The van der Waals surface area contributed by atoms with Crippen LogP contribution in [0.5, 0.6) is 0 Å². The molecule has 0 amide bonds. The summed E-state index contributed by atoms with van der Waals surface area (Å²) in [4.78, 5) is 13.4. The third kappa shape index (κ3) is 1.54. The van der Waals surface area contributed by atoms with E-state index in [0.717, 1.165) is 18.3 Å². The smallest absolute Gasteiger partial charge is 0.127 e. The number of carbonyl (C=O) groups excluding carboxylic acids is 1. The molecule has 0 saturated carbocycles. The van der Waals surface area contributed by atoms with Crippen molar-refractivity contribution in [3.05, 3.63) is 29.8 Å². The molecule has 0 N–H and O–H groups in total. The molecule has 2 rings (SSSR count). The Kier molecular flexibility index (Phi) is 2.29. The Labute approximate surface area is 90.9 Å². The maximum Gasteiger partial charge on any atom is 0.127 e. The molecule has 0 aliphatic carbocycles. The number of anilines is 1. The minimum absolute atomic E-state index is 0.0485. The molecular weight excluding hydrogens is 186 g/mol. The van der Waals surface area contributed by atoms with E-state index in [1.54, 1.807) is 0 Å². The van der Waals surface area contributed by atoms with Crippen molar-refractivity contribution in [3.8, 4) is 0 Å². The zero-order valence-corrected chi connectivity index (χ0v) is 9.53. The lowest BCUT2D eigenvalue weighted by atomic mass is 9.80. The standard InChI is InChI=1S/C13H17NO/c1-13(2)8-10(9-15)11-6-4-5-7-12(11)14(13)3/h4-7,9-10H,8H2,1-3H3. The van der Waals surface area contributed by atoms with Crippen LogP contribution in [0.2, 0.25) is 0 Å². The van der Waals surface area contributed by atoms with Gasteiger partial charge in [0.1, 0.15) is 6.29 Å². The highest BCUT2D eigenvalue weighted by Crippen LogP contribution is 2.41. The van der Waals surface area contributed by atoms with Gasteiger partial charge in [-0.25, -0.2) is 0 Å². The Balaban J connectivity index is 2.54.